The molecule has 1 N–H and O–H groups in total. The predicted molar refractivity (Wildman–Crippen MR) is 72.8 cm³/mol. The van der Waals surface area contributed by atoms with Crippen molar-refractivity contribution in [2.75, 3.05) is 11.9 Å². The highest BCUT2D eigenvalue weighted by atomic mass is 32.1. The predicted octanol–water partition coefficient (Wildman–Crippen LogP) is 2.03. The van der Waals surface area contributed by atoms with Gasteiger partial charge in [0.15, 0.2) is 0 Å². The molecule has 1 saturated carbocycles. The van der Waals surface area contributed by atoms with Gasteiger partial charge in [-0.05, 0) is 38.6 Å². The van der Waals surface area contributed by atoms with Crippen molar-refractivity contribution in [2.45, 2.75) is 44.2 Å². The number of thiazole rings is 1. The van der Waals surface area contributed by atoms with E-state index in [1.807, 2.05) is 22.8 Å². The zero-order valence-corrected chi connectivity index (χ0v) is 11.4. The third kappa shape index (κ3) is 1.95. The fourth-order valence-electron chi connectivity index (χ4n) is 3.41. The van der Waals surface area contributed by atoms with Crippen molar-refractivity contribution < 1.29 is 4.79 Å². The first-order valence-electron chi connectivity index (χ1n) is 6.70. The maximum absolute atomic E-state index is 12.6. The van der Waals surface area contributed by atoms with Gasteiger partial charge < -0.3 is 5.32 Å². The summed E-state index contributed by atoms with van der Waals surface area (Å²) in [6, 6.07) is 0.329. The summed E-state index contributed by atoms with van der Waals surface area (Å²) in [5, 5.41) is 5.15. The molecular weight excluding hydrogens is 246 g/mol. The van der Waals surface area contributed by atoms with E-state index in [1.54, 1.807) is 11.3 Å². The Morgan fingerprint density at radius 1 is 1.39 bits per heavy atom. The summed E-state index contributed by atoms with van der Waals surface area (Å²) in [4.78, 5) is 19.0. The minimum atomic E-state index is -0.0442. The Hall–Kier alpha value is -0.940. The molecule has 3 unspecified atom stereocenters. The van der Waals surface area contributed by atoms with E-state index in [2.05, 4.69) is 10.3 Å². The van der Waals surface area contributed by atoms with Crippen LogP contribution < -0.4 is 10.2 Å². The van der Waals surface area contributed by atoms with Gasteiger partial charge in [0.25, 0.3) is 0 Å². The van der Waals surface area contributed by atoms with E-state index >= 15 is 0 Å². The van der Waals surface area contributed by atoms with Crippen LogP contribution in [0.1, 0.15) is 32.1 Å². The van der Waals surface area contributed by atoms with Gasteiger partial charge in [-0.3, -0.25) is 9.69 Å². The lowest BCUT2D eigenvalue weighted by atomic mass is 9.97. The third-order valence-electron chi connectivity index (χ3n) is 4.33. The van der Waals surface area contributed by atoms with Crippen molar-refractivity contribution in [3.8, 4) is 0 Å². The summed E-state index contributed by atoms with van der Waals surface area (Å²) in [7, 11) is 1.88. The number of amides is 1. The van der Waals surface area contributed by atoms with Crippen LogP contribution in [0.3, 0.4) is 0 Å². The molecule has 3 atom stereocenters. The summed E-state index contributed by atoms with van der Waals surface area (Å²) in [6.45, 7) is 0. The van der Waals surface area contributed by atoms with E-state index in [0.717, 1.165) is 25.1 Å². The van der Waals surface area contributed by atoms with Crippen molar-refractivity contribution in [2.24, 2.45) is 5.92 Å². The number of carbonyl (C=O) groups is 1. The number of hydrogen-bond donors (Lipinski definition) is 1. The molecule has 5 heteroatoms. The number of likely N-dealkylation sites (N-methyl/N-ethyl adjacent to an activating group) is 1. The van der Waals surface area contributed by atoms with E-state index in [0.29, 0.717) is 12.0 Å². The molecular formula is C13H19N3OS. The monoisotopic (exact) mass is 265 g/mol. The number of nitrogens with zero attached hydrogens (tertiary/aromatic N) is 2. The number of aromatic nitrogens is 1. The first kappa shape index (κ1) is 12.1. The number of hydrogen-bond acceptors (Lipinski definition) is 4. The minimum Gasteiger partial charge on any atom is -0.309 e. The lowest BCUT2D eigenvalue weighted by molar-refractivity contribution is -0.120. The molecule has 1 saturated heterocycles. The van der Waals surface area contributed by atoms with Gasteiger partial charge in [0.1, 0.15) is 5.82 Å². The molecule has 1 aromatic rings. The highest BCUT2D eigenvalue weighted by Crippen LogP contribution is 2.38. The molecule has 4 nitrogen and oxygen atoms in total. The molecule has 1 amide bonds. The lowest BCUT2D eigenvalue weighted by Gasteiger charge is -2.30. The fourth-order valence-corrected chi connectivity index (χ4v) is 3.93. The van der Waals surface area contributed by atoms with Crippen LogP contribution in [0.25, 0.3) is 0 Å². The second kappa shape index (κ2) is 4.97. The standard InChI is InChI=1S/C13H19N3OS/c1-14-10-6-5-9-3-2-4-11(9)16(13(10)17)12-7-18-8-15-12/h7-11,14H,2-6H2,1H3. The van der Waals surface area contributed by atoms with Crippen LogP contribution in [0, 0.1) is 5.92 Å². The van der Waals surface area contributed by atoms with Crippen LogP contribution in [0.2, 0.25) is 0 Å². The molecule has 0 bridgehead atoms. The molecule has 0 spiro atoms. The van der Waals surface area contributed by atoms with E-state index in [9.17, 15) is 4.79 Å². The molecule has 18 heavy (non-hydrogen) atoms. The van der Waals surface area contributed by atoms with Gasteiger partial charge in [0.05, 0.1) is 11.6 Å². The van der Waals surface area contributed by atoms with Crippen LogP contribution in [0.5, 0.6) is 0 Å². The summed E-state index contributed by atoms with van der Waals surface area (Å²) < 4.78 is 0. The van der Waals surface area contributed by atoms with Gasteiger partial charge in [-0.25, -0.2) is 4.98 Å². The Balaban J connectivity index is 1.96. The Labute approximate surface area is 111 Å². The molecule has 2 fully saturated rings. The normalized spacial score (nSPS) is 32.4. The van der Waals surface area contributed by atoms with E-state index in [1.165, 1.54) is 12.8 Å². The number of rotatable bonds is 2. The van der Waals surface area contributed by atoms with Gasteiger partial charge in [-0.2, -0.15) is 0 Å². The number of fused-ring (bicyclic) bond motifs is 1. The van der Waals surface area contributed by atoms with Gasteiger partial charge >= 0.3 is 0 Å². The quantitative estimate of drug-likeness (QED) is 0.890. The van der Waals surface area contributed by atoms with Crippen molar-refractivity contribution in [1.29, 1.82) is 0 Å². The molecule has 1 aliphatic heterocycles. The topological polar surface area (TPSA) is 45.2 Å². The fraction of sp³-hybridized carbons (Fsp3) is 0.692. The number of carbonyl (C=O) groups excluding carboxylic acids is 1. The number of nitrogens with one attached hydrogen (secondary N) is 1. The minimum absolute atomic E-state index is 0.0442. The van der Waals surface area contributed by atoms with Crippen molar-refractivity contribution >= 4 is 23.1 Å². The zero-order chi connectivity index (χ0) is 12.5. The van der Waals surface area contributed by atoms with E-state index in [-0.39, 0.29) is 11.9 Å². The van der Waals surface area contributed by atoms with Gasteiger partial charge in [0, 0.05) is 11.4 Å². The Morgan fingerprint density at radius 3 is 3.00 bits per heavy atom. The second-order valence-corrected chi connectivity index (χ2v) is 5.95. The Morgan fingerprint density at radius 2 is 2.28 bits per heavy atom. The summed E-state index contributed by atoms with van der Waals surface area (Å²) in [6.07, 6.45) is 5.74. The molecule has 1 aromatic heterocycles. The van der Waals surface area contributed by atoms with Crippen molar-refractivity contribution in [3.05, 3.63) is 10.9 Å². The molecule has 0 aromatic carbocycles. The molecule has 2 heterocycles. The average molecular weight is 265 g/mol. The molecule has 1 aliphatic carbocycles. The summed E-state index contributed by atoms with van der Waals surface area (Å²) in [5.74, 6) is 1.72. The molecule has 3 rings (SSSR count). The average Bonchev–Trinajstić information content (AvgIpc) is 3.01. The van der Waals surface area contributed by atoms with Crippen molar-refractivity contribution in [3.63, 3.8) is 0 Å². The number of anilines is 1. The first-order valence-corrected chi connectivity index (χ1v) is 7.64. The highest BCUT2D eigenvalue weighted by molar-refractivity contribution is 7.07. The van der Waals surface area contributed by atoms with Crippen molar-refractivity contribution in [1.82, 2.24) is 10.3 Å². The Kier molecular flexibility index (Phi) is 3.35. The highest BCUT2D eigenvalue weighted by Gasteiger charge is 2.41. The first-order chi connectivity index (χ1) is 8.81. The van der Waals surface area contributed by atoms with Crippen LogP contribution in [-0.4, -0.2) is 30.0 Å². The van der Waals surface area contributed by atoms with Crippen LogP contribution in [0.4, 0.5) is 5.82 Å². The van der Waals surface area contributed by atoms with E-state index in [4.69, 9.17) is 0 Å². The second-order valence-electron chi connectivity index (χ2n) is 5.23. The van der Waals surface area contributed by atoms with Crippen LogP contribution >= 0.6 is 11.3 Å². The third-order valence-corrected chi connectivity index (χ3v) is 4.90. The maximum atomic E-state index is 12.6. The Bertz CT molecular complexity index is 420. The largest absolute Gasteiger partial charge is 0.309 e. The maximum Gasteiger partial charge on any atom is 0.245 e. The van der Waals surface area contributed by atoms with Crippen LogP contribution in [-0.2, 0) is 4.79 Å². The summed E-state index contributed by atoms with van der Waals surface area (Å²) >= 11 is 1.56. The van der Waals surface area contributed by atoms with Crippen LogP contribution in [0.15, 0.2) is 10.9 Å². The smallest absolute Gasteiger partial charge is 0.245 e. The van der Waals surface area contributed by atoms with Gasteiger partial charge in [-0.1, -0.05) is 6.42 Å². The lowest BCUT2D eigenvalue weighted by Crippen LogP contribution is -2.48. The van der Waals surface area contributed by atoms with Gasteiger partial charge in [-0.15, -0.1) is 11.3 Å². The summed E-state index contributed by atoms with van der Waals surface area (Å²) in [5.41, 5.74) is 1.81. The SMILES string of the molecule is CNC1CCC2CCCC2N(c2cscn2)C1=O. The molecule has 2 aliphatic rings. The van der Waals surface area contributed by atoms with Gasteiger partial charge in [0.2, 0.25) is 5.91 Å². The molecule has 0 radical (unpaired) electrons. The zero-order valence-electron chi connectivity index (χ0n) is 10.6. The molecule has 98 valence electrons. The van der Waals surface area contributed by atoms with E-state index < -0.39 is 0 Å².